The highest BCUT2D eigenvalue weighted by Crippen LogP contribution is 2.17. The van der Waals surface area contributed by atoms with E-state index in [0.29, 0.717) is 0 Å². The first-order valence-electron chi connectivity index (χ1n) is 3.40. The monoisotopic (exact) mass is 141 g/mol. The van der Waals surface area contributed by atoms with Gasteiger partial charge in [-0.2, -0.15) is 0 Å². The van der Waals surface area contributed by atoms with Crippen molar-refractivity contribution in [3.05, 3.63) is 0 Å². The van der Waals surface area contributed by atoms with Crippen LogP contribution >= 0.6 is 0 Å². The lowest BCUT2D eigenvalue weighted by atomic mass is 10.00. The van der Waals surface area contributed by atoms with Crippen LogP contribution in [0.15, 0.2) is 0 Å². The molecule has 0 aromatic rings. The van der Waals surface area contributed by atoms with Crippen molar-refractivity contribution < 1.29 is 9.59 Å². The summed E-state index contributed by atoms with van der Waals surface area (Å²) in [5.41, 5.74) is 0. The number of hydrogen-bond acceptors (Lipinski definition) is 2. The minimum absolute atomic E-state index is 0.00597. The Labute approximate surface area is 60.0 Å². The summed E-state index contributed by atoms with van der Waals surface area (Å²) in [4.78, 5) is 23.1. The van der Waals surface area contributed by atoms with E-state index in [4.69, 9.17) is 0 Å². The van der Waals surface area contributed by atoms with Crippen LogP contribution in [0.1, 0.15) is 20.3 Å². The van der Waals surface area contributed by atoms with E-state index >= 15 is 0 Å². The minimum Gasteiger partial charge on any atom is -0.333 e. The molecule has 3 heteroatoms. The van der Waals surface area contributed by atoms with Gasteiger partial charge in [0.05, 0.1) is 6.04 Å². The van der Waals surface area contributed by atoms with Gasteiger partial charge in [0.2, 0.25) is 5.91 Å². The molecule has 56 valence electrons. The third-order valence-electron chi connectivity index (χ3n) is 1.89. The van der Waals surface area contributed by atoms with Gasteiger partial charge in [0.1, 0.15) is 0 Å². The van der Waals surface area contributed by atoms with Crippen LogP contribution < -0.4 is 0 Å². The molecule has 0 spiro atoms. The number of rotatable bonds is 1. The minimum atomic E-state index is -0.113. The summed E-state index contributed by atoms with van der Waals surface area (Å²) < 4.78 is 0. The van der Waals surface area contributed by atoms with E-state index < -0.39 is 0 Å². The predicted molar refractivity (Wildman–Crippen MR) is 36.5 cm³/mol. The van der Waals surface area contributed by atoms with Crippen LogP contribution in [0.25, 0.3) is 0 Å². The average Bonchev–Trinajstić information content (AvgIpc) is 1.56. The van der Waals surface area contributed by atoms with Gasteiger partial charge in [-0.25, -0.2) is 0 Å². The molecule has 3 nitrogen and oxygen atoms in total. The molecule has 0 bridgehead atoms. The highest BCUT2D eigenvalue weighted by Gasteiger charge is 2.32. The quantitative estimate of drug-likeness (QED) is 0.523. The molecule has 0 aromatic heterocycles. The van der Waals surface area contributed by atoms with Gasteiger partial charge in [0.25, 0.3) is 0 Å². The molecule has 1 heterocycles. The largest absolute Gasteiger partial charge is 0.333 e. The Morgan fingerprint density at radius 3 is 2.10 bits per heavy atom. The molecule has 1 fully saturated rings. The summed E-state index contributed by atoms with van der Waals surface area (Å²) in [5, 5.41) is 0. The van der Waals surface area contributed by atoms with Crippen molar-refractivity contribution in [2.24, 2.45) is 0 Å². The average molecular weight is 141 g/mol. The molecule has 1 amide bonds. The summed E-state index contributed by atoms with van der Waals surface area (Å²) in [7, 11) is 0. The SMILES string of the molecule is CC(=O)[C@@H]1CCN1C(C)=O. The Morgan fingerprint density at radius 1 is 1.40 bits per heavy atom. The molecule has 1 aliphatic heterocycles. The Balaban J connectivity index is 2.51. The number of Topliss-reactive ketones (excluding diaryl/α,β-unsaturated/α-hetero) is 1. The number of ketones is 1. The van der Waals surface area contributed by atoms with Crippen molar-refractivity contribution in [3.8, 4) is 0 Å². The molecule has 0 aliphatic carbocycles. The third kappa shape index (κ3) is 1.03. The van der Waals surface area contributed by atoms with E-state index in [-0.39, 0.29) is 17.7 Å². The molecule has 1 rings (SSSR count). The second-order valence-corrected chi connectivity index (χ2v) is 2.63. The van der Waals surface area contributed by atoms with Crippen molar-refractivity contribution in [1.82, 2.24) is 4.90 Å². The van der Waals surface area contributed by atoms with Crippen molar-refractivity contribution in [2.45, 2.75) is 26.3 Å². The van der Waals surface area contributed by atoms with E-state index in [1.165, 1.54) is 13.8 Å². The Bertz CT molecular complexity index is 156. The van der Waals surface area contributed by atoms with Gasteiger partial charge in [-0.05, 0) is 13.3 Å². The van der Waals surface area contributed by atoms with E-state index in [9.17, 15) is 9.59 Å². The van der Waals surface area contributed by atoms with Gasteiger partial charge < -0.3 is 4.90 Å². The summed E-state index contributed by atoms with van der Waals surface area (Å²) in [6, 6.07) is -0.113. The fraction of sp³-hybridized carbons (Fsp3) is 0.714. The van der Waals surface area contributed by atoms with Crippen LogP contribution in [0.5, 0.6) is 0 Å². The Hall–Kier alpha value is -0.860. The summed E-state index contributed by atoms with van der Waals surface area (Å²) >= 11 is 0. The number of carbonyl (C=O) groups is 2. The van der Waals surface area contributed by atoms with Gasteiger partial charge in [-0.3, -0.25) is 9.59 Å². The number of nitrogens with zero attached hydrogens (tertiary/aromatic N) is 1. The van der Waals surface area contributed by atoms with Crippen LogP contribution in [0.4, 0.5) is 0 Å². The van der Waals surface area contributed by atoms with Gasteiger partial charge in [0, 0.05) is 13.5 Å². The van der Waals surface area contributed by atoms with Crippen molar-refractivity contribution >= 4 is 11.7 Å². The molecule has 1 aliphatic rings. The first kappa shape index (κ1) is 7.25. The van der Waals surface area contributed by atoms with Crippen LogP contribution in [0, 0.1) is 0 Å². The number of carbonyl (C=O) groups excluding carboxylic acids is 2. The lowest BCUT2D eigenvalue weighted by Gasteiger charge is -2.38. The molecule has 0 unspecified atom stereocenters. The standard InChI is InChI=1S/C7H11NO2/c1-5(9)7-3-4-8(7)6(2)10/h7H,3-4H2,1-2H3/t7-/m0/s1. The van der Waals surface area contributed by atoms with Crippen LogP contribution in [-0.2, 0) is 9.59 Å². The van der Waals surface area contributed by atoms with E-state index in [1.54, 1.807) is 4.90 Å². The second kappa shape index (κ2) is 2.40. The smallest absolute Gasteiger partial charge is 0.220 e. The van der Waals surface area contributed by atoms with Crippen molar-refractivity contribution in [2.75, 3.05) is 6.54 Å². The normalized spacial score (nSPS) is 23.8. The maximum atomic E-state index is 10.7. The molecule has 0 saturated carbocycles. The predicted octanol–water partition coefficient (Wildman–Crippen LogP) is 0.196. The van der Waals surface area contributed by atoms with Gasteiger partial charge in [-0.15, -0.1) is 0 Å². The molecule has 0 aromatic carbocycles. The van der Waals surface area contributed by atoms with E-state index in [1.807, 2.05) is 0 Å². The lowest BCUT2D eigenvalue weighted by Crippen LogP contribution is -2.53. The summed E-state index contributed by atoms with van der Waals surface area (Å²) in [5.74, 6) is 0.105. The molecule has 0 N–H and O–H groups in total. The maximum Gasteiger partial charge on any atom is 0.220 e. The fourth-order valence-corrected chi connectivity index (χ4v) is 1.19. The zero-order valence-electron chi connectivity index (χ0n) is 6.26. The lowest BCUT2D eigenvalue weighted by molar-refractivity contribution is -0.143. The first-order valence-corrected chi connectivity index (χ1v) is 3.40. The molecular weight excluding hydrogens is 130 g/mol. The van der Waals surface area contributed by atoms with Crippen molar-refractivity contribution in [3.63, 3.8) is 0 Å². The highest BCUT2D eigenvalue weighted by molar-refractivity contribution is 5.88. The van der Waals surface area contributed by atoms with Gasteiger partial charge in [-0.1, -0.05) is 0 Å². The molecule has 0 radical (unpaired) electrons. The van der Waals surface area contributed by atoms with Gasteiger partial charge >= 0.3 is 0 Å². The summed E-state index contributed by atoms with van der Waals surface area (Å²) in [6.07, 6.45) is 0.842. The Morgan fingerprint density at radius 2 is 2.00 bits per heavy atom. The topological polar surface area (TPSA) is 37.4 Å². The second-order valence-electron chi connectivity index (χ2n) is 2.63. The zero-order chi connectivity index (χ0) is 7.72. The third-order valence-corrected chi connectivity index (χ3v) is 1.89. The molecule has 1 saturated heterocycles. The maximum absolute atomic E-state index is 10.7. The fourth-order valence-electron chi connectivity index (χ4n) is 1.19. The molecule has 1 atom stereocenters. The first-order chi connectivity index (χ1) is 4.63. The highest BCUT2D eigenvalue weighted by atomic mass is 16.2. The van der Waals surface area contributed by atoms with Crippen molar-refractivity contribution in [1.29, 1.82) is 0 Å². The molecular formula is C7H11NO2. The Kier molecular flexibility index (Phi) is 1.74. The van der Waals surface area contributed by atoms with Crippen LogP contribution in [-0.4, -0.2) is 29.2 Å². The number of hydrogen-bond donors (Lipinski definition) is 0. The molecule has 10 heavy (non-hydrogen) atoms. The van der Waals surface area contributed by atoms with E-state index in [0.717, 1.165) is 13.0 Å². The van der Waals surface area contributed by atoms with Crippen LogP contribution in [0.2, 0.25) is 0 Å². The number of likely N-dealkylation sites (tertiary alicyclic amines) is 1. The number of amides is 1. The van der Waals surface area contributed by atoms with E-state index in [2.05, 4.69) is 0 Å². The summed E-state index contributed by atoms with van der Waals surface area (Å²) in [6.45, 7) is 3.77. The van der Waals surface area contributed by atoms with Crippen LogP contribution in [0.3, 0.4) is 0 Å². The van der Waals surface area contributed by atoms with Gasteiger partial charge in [0.15, 0.2) is 5.78 Å². The zero-order valence-corrected chi connectivity index (χ0v) is 6.26.